The van der Waals surface area contributed by atoms with Crippen LogP contribution in [0.3, 0.4) is 0 Å². The van der Waals surface area contributed by atoms with Crippen LogP contribution in [0.15, 0.2) is 18.2 Å². The van der Waals surface area contributed by atoms with Gasteiger partial charge in [0.05, 0.1) is 30.0 Å². The lowest BCUT2D eigenvalue weighted by atomic mass is 10.2. The second-order valence-electron chi connectivity index (χ2n) is 5.47. The molecule has 7 heteroatoms. The van der Waals surface area contributed by atoms with Crippen molar-refractivity contribution in [3.63, 3.8) is 0 Å². The summed E-state index contributed by atoms with van der Waals surface area (Å²) in [5.74, 6) is -0.152. The third kappa shape index (κ3) is 5.11. The van der Waals surface area contributed by atoms with E-state index in [1.807, 2.05) is 6.92 Å². The van der Waals surface area contributed by atoms with Crippen LogP contribution in [0.1, 0.15) is 20.3 Å². The number of anilines is 2. The highest BCUT2D eigenvalue weighted by Crippen LogP contribution is 2.25. The highest BCUT2D eigenvalue weighted by molar-refractivity contribution is 6.33. The van der Waals surface area contributed by atoms with Gasteiger partial charge >= 0.3 is 0 Å². The van der Waals surface area contributed by atoms with Crippen LogP contribution in [0.4, 0.5) is 11.4 Å². The van der Waals surface area contributed by atoms with Crippen molar-refractivity contribution in [2.24, 2.45) is 0 Å². The van der Waals surface area contributed by atoms with E-state index in [-0.39, 0.29) is 24.5 Å². The number of morpholine rings is 1. The van der Waals surface area contributed by atoms with Crippen LogP contribution in [0.25, 0.3) is 0 Å². The van der Waals surface area contributed by atoms with Gasteiger partial charge in [-0.3, -0.25) is 9.59 Å². The maximum atomic E-state index is 12.3. The summed E-state index contributed by atoms with van der Waals surface area (Å²) in [6.07, 6.45) is 1.00. The minimum Gasteiger partial charge on any atom is -0.375 e. The molecule has 1 unspecified atom stereocenters. The van der Waals surface area contributed by atoms with Crippen LogP contribution < -0.4 is 10.6 Å². The molecule has 1 fully saturated rings. The van der Waals surface area contributed by atoms with Gasteiger partial charge in [-0.2, -0.15) is 0 Å². The first-order valence-corrected chi connectivity index (χ1v) is 8.07. The summed E-state index contributed by atoms with van der Waals surface area (Å²) in [5, 5.41) is 6.23. The molecule has 0 bridgehead atoms. The standard InChI is InChI=1S/C16H22ClN3O3/c1-3-13-10-20(6-7-23-13)16(22)9-18-15-8-12(19-11(2)21)4-5-14(15)17/h4-5,8,13,18H,3,6-7,9-10H2,1-2H3,(H,19,21). The van der Waals surface area contributed by atoms with Gasteiger partial charge in [-0.05, 0) is 24.6 Å². The van der Waals surface area contributed by atoms with Crippen molar-refractivity contribution in [2.75, 3.05) is 36.9 Å². The maximum absolute atomic E-state index is 12.3. The number of hydrogen-bond donors (Lipinski definition) is 2. The summed E-state index contributed by atoms with van der Waals surface area (Å²) < 4.78 is 5.57. The Bertz CT molecular complexity index is 580. The van der Waals surface area contributed by atoms with Crippen molar-refractivity contribution in [2.45, 2.75) is 26.4 Å². The number of nitrogens with zero attached hydrogens (tertiary/aromatic N) is 1. The normalized spacial score (nSPS) is 17.7. The van der Waals surface area contributed by atoms with Crippen LogP contribution in [0.2, 0.25) is 5.02 Å². The molecule has 0 saturated carbocycles. The molecule has 1 heterocycles. The lowest BCUT2D eigenvalue weighted by Gasteiger charge is -2.32. The SMILES string of the molecule is CCC1CN(C(=O)CNc2cc(NC(C)=O)ccc2Cl)CCO1. The van der Waals surface area contributed by atoms with Gasteiger partial charge in [0, 0.05) is 25.7 Å². The second kappa shape index (κ2) is 8.17. The average molecular weight is 340 g/mol. The molecule has 1 aromatic carbocycles. The van der Waals surface area contributed by atoms with E-state index < -0.39 is 0 Å². The van der Waals surface area contributed by atoms with E-state index in [0.29, 0.717) is 36.1 Å². The number of carbonyl (C=O) groups is 2. The number of carbonyl (C=O) groups excluding carboxylic acids is 2. The molecule has 1 aliphatic heterocycles. The van der Waals surface area contributed by atoms with E-state index in [4.69, 9.17) is 16.3 Å². The topological polar surface area (TPSA) is 70.7 Å². The lowest BCUT2D eigenvalue weighted by Crippen LogP contribution is -2.47. The molecular formula is C16H22ClN3O3. The first kappa shape index (κ1) is 17.6. The Balaban J connectivity index is 1.94. The summed E-state index contributed by atoms with van der Waals surface area (Å²) in [4.78, 5) is 25.2. The largest absolute Gasteiger partial charge is 0.375 e. The summed E-state index contributed by atoms with van der Waals surface area (Å²) in [5.41, 5.74) is 1.25. The van der Waals surface area contributed by atoms with Crippen molar-refractivity contribution in [1.82, 2.24) is 4.90 Å². The first-order valence-electron chi connectivity index (χ1n) is 7.70. The van der Waals surface area contributed by atoms with Gasteiger partial charge in [0.1, 0.15) is 0 Å². The summed E-state index contributed by atoms with van der Waals surface area (Å²) in [6.45, 7) is 5.44. The van der Waals surface area contributed by atoms with Crippen LogP contribution in [-0.2, 0) is 14.3 Å². The van der Waals surface area contributed by atoms with Crippen LogP contribution in [0.5, 0.6) is 0 Å². The molecule has 1 aromatic rings. The van der Waals surface area contributed by atoms with Crippen LogP contribution in [-0.4, -0.2) is 49.1 Å². The second-order valence-corrected chi connectivity index (χ2v) is 5.88. The zero-order chi connectivity index (χ0) is 16.8. The first-order chi connectivity index (χ1) is 11.0. The van der Waals surface area contributed by atoms with E-state index in [1.165, 1.54) is 6.92 Å². The zero-order valence-corrected chi connectivity index (χ0v) is 14.2. The Kier molecular flexibility index (Phi) is 6.24. The van der Waals surface area contributed by atoms with Gasteiger partial charge < -0.3 is 20.3 Å². The molecule has 1 saturated heterocycles. The number of nitrogens with one attached hydrogen (secondary N) is 2. The third-order valence-corrected chi connectivity index (χ3v) is 3.99. The van der Waals surface area contributed by atoms with E-state index in [9.17, 15) is 9.59 Å². The van der Waals surface area contributed by atoms with E-state index in [2.05, 4.69) is 10.6 Å². The fourth-order valence-corrected chi connectivity index (χ4v) is 2.60. The Morgan fingerprint density at radius 3 is 2.91 bits per heavy atom. The predicted octanol–water partition coefficient (Wildman–Crippen LogP) is 2.35. The van der Waals surface area contributed by atoms with Gasteiger partial charge in [0.15, 0.2) is 0 Å². The van der Waals surface area contributed by atoms with Crippen LogP contribution >= 0.6 is 11.6 Å². The number of ether oxygens (including phenoxy) is 1. The fourth-order valence-electron chi connectivity index (χ4n) is 2.42. The van der Waals surface area contributed by atoms with E-state index in [0.717, 1.165) is 6.42 Å². The Hall–Kier alpha value is -1.79. The van der Waals surface area contributed by atoms with Crippen molar-refractivity contribution < 1.29 is 14.3 Å². The minimum absolute atomic E-state index is 0.00717. The molecule has 1 atom stereocenters. The zero-order valence-electron chi connectivity index (χ0n) is 13.4. The molecule has 0 spiro atoms. The monoisotopic (exact) mass is 339 g/mol. The Morgan fingerprint density at radius 2 is 2.22 bits per heavy atom. The highest BCUT2D eigenvalue weighted by atomic mass is 35.5. The molecule has 23 heavy (non-hydrogen) atoms. The number of hydrogen-bond acceptors (Lipinski definition) is 4. The summed E-state index contributed by atoms with van der Waals surface area (Å²) >= 11 is 6.13. The van der Waals surface area contributed by atoms with Crippen molar-refractivity contribution in [3.8, 4) is 0 Å². The third-order valence-electron chi connectivity index (χ3n) is 3.66. The number of amides is 2. The highest BCUT2D eigenvalue weighted by Gasteiger charge is 2.22. The summed E-state index contributed by atoms with van der Waals surface area (Å²) in [7, 11) is 0. The van der Waals surface area contributed by atoms with Gasteiger partial charge in [0.2, 0.25) is 11.8 Å². The van der Waals surface area contributed by atoms with Gasteiger partial charge in [-0.15, -0.1) is 0 Å². The molecule has 126 valence electrons. The van der Waals surface area contributed by atoms with Crippen molar-refractivity contribution >= 4 is 34.8 Å². The summed E-state index contributed by atoms with van der Waals surface area (Å²) in [6, 6.07) is 5.11. The molecule has 0 aromatic heterocycles. The fraction of sp³-hybridized carbons (Fsp3) is 0.500. The van der Waals surface area contributed by atoms with Gasteiger partial charge in [0.25, 0.3) is 0 Å². The Morgan fingerprint density at radius 1 is 1.43 bits per heavy atom. The maximum Gasteiger partial charge on any atom is 0.242 e. The van der Waals surface area contributed by atoms with Crippen LogP contribution in [0, 0.1) is 0 Å². The molecular weight excluding hydrogens is 318 g/mol. The van der Waals surface area contributed by atoms with E-state index in [1.54, 1.807) is 23.1 Å². The quantitative estimate of drug-likeness (QED) is 0.864. The molecule has 1 aliphatic rings. The molecule has 6 nitrogen and oxygen atoms in total. The molecule has 2 amide bonds. The predicted molar refractivity (Wildman–Crippen MR) is 90.9 cm³/mol. The van der Waals surface area contributed by atoms with Gasteiger partial charge in [-0.25, -0.2) is 0 Å². The minimum atomic E-state index is -0.159. The number of rotatable bonds is 5. The molecule has 2 N–H and O–H groups in total. The lowest BCUT2D eigenvalue weighted by molar-refractivity contribution is -0.136. The number of halogens is 1. The van der Waals surface area contributed by atoms with E-state index >= 15 is 0 Å². The van der Waals surface area contributed by atoms with Gasteiger partial charge in [-0.1, -0.05) is 18.5 Å². The van der Waals surface area contributed by atoms with Crippen molar-refractivity contribution in [1.29, 1.82) is 0 Å². The number of benzene rings is 1. The molecule has 0 aliphatic carbocycles. The Labute approximate surface area is 141 Å². The van der Waals surface area contributed by atoms with Crippen molar-refractivity contribution in [3.05, 3.63) is 23.2 Å². The molecule has 2 rings (SSSR count). The molecule has 0 radical (unpaired) electrons. The average Bonchev–Trinajstić information content (AvgIpc) is 2.54. The smallest absolute Gasteiger partial charge is 0.242 e.